The van der Waals surface area contributed by atoms with Crippen LogP contribution in [0.2, 0.25) is 5.02 Å². The van der Waals surface area contributed by atoms with Crippen LogP contribution < -0.4 is 10.1 Å². The van der Waals surface area contributed by atoms with Gasteiger partial charge in [-0.25, -0.2) is 4.98 Å². The minimum Gasteiger partial charge on any atom is -0.484 e. The van der Waals surface area contributed by atoms with E-state index in [0.717, 1.165) is 27.4 Å². The molecule has 1 heterocycles. The van der Waals surface area contributed by atoms with Crippen LogP contribution in [0, 0.1) is 6.92 Å². The summed E-state index contributed by atoms with van der Waals surface area (Å²) < 4.78 is 5.54. The van der Waals surface area contributed by atoms with Gasteiger partial charge in [0, 0.05) is 22.2 Å². The fourth-order valence-corrected chi connectivity index (χ4v) is 4.05. The lowest BCUT2D eigenvalue weighted by Crippen LogP contribution is -2.20. The van der Waals surface area contributed by atoms with Crippen LogP contribution in [-0.2, 0) is 4.79 Å². The Kier molecular flexibility index (Phi) is 6.12. The van der Waals surface area contributed by atoms with Crippen molar-refractivity contribution in [3.8, 4) is 27.6 Å². The molecule has 3 aromatic carbocycles. The molecule has 0 aliphatic heterocycles. The number of halogens is 1. The second-order valence-electron chi connectivity index (χ2n) is 6.75. The number of anilines is 1. The predicted octanol–water partition coefficient (Wildman–Crippen LogP) is 6.46. The minimum atomic E-state index is -0.220. The van der Waals surface area contributed by atoms with E-state index in [0.29, 0.717) is 16.5 Å². The number of carbonyl (C=O) groups excluding carboxylic acids is 1. The van der Waals surface area contributed by atoms with Crippen molar-refractivity contribution in [3.05, 3.63) is 88.8 Å². The number of hydrogen-bond donors (Lipinski definition) is 1. The summed E-state index contributed by atoms with van der Waals surface area (Å²) >= 11 is 7.82. The fourth-order valence-electron chi connectivity index (χ4n) is 2.90. The van der Waals surface area contributed by atoms with E-state index < -0.39 is 0 Å². The molecule has 0 saturated heterocycles. The Morgan fingerprint density at radius 2 is 1.87 bits per heavy atom. The highest BCUT2D eigenvalue weighted by Crippen LogP contribution is 2.33. The Hall–Kier alpha value is -3.15. The monoisotopic (exact) mass is 434 g/mol. The van der Waals surface area contributed by atoms with Gasteiger partial charge in [-0.1, -0.05) is 59.6 Å². The molecule has 1 aromatic heterocycles. The summed E-state index contributed by atoms with van der Waals surface area (Å²) in [4.78, 5) is 17.0. The van der Waals surface area contributed by atoms with E-state index >= 15 is 0 Å². The number of carbonyl (C=O) groups is 1. The number of amides is 1. The Bertz CT molecular complexity index is 1170. The highest BCUT2D eigenvalue weighted by molar-refractivity contribution is 7.13. The van der Waals surface area contributed by atoms with E-state index in [1.165, 1.54) is 11.3 Å². The number of aromatic nitrogens is 1. The largest absolute Gasteiger partial charge is 0.484 e. The molecule has 1 N–H and O–H groups in total. The van der Waals surface area contributed by atoms with Gasteiger partial charge >= 0.3 is 0 Å². The lowest BCUT2D eigenvalue weighted by molar-refractivity contribution is -0.118. The molecule has 1 amide bonds. The van der Waals surface area contributed by atoms with E-state index in [-0.39, 0.29) is 12.5 Å². The highest BCUT2D eigenvalue weighted by Gasteiger charge is 2.11. The number of nitrogens with one attached hydrogen (secondary N) is 1. The van der Waals surface area contributed by atoms with Crippen molar-refractivity contribution in [2.24, 2.45) is 0 Å². The van der Waals surface area contributed by atoms with E-state index in [1.807, 2.05) is 85.1 Å². The molecule has 0 fully saturated rings. The van der Waals surface area contributed by atoms with Crippen LogP contribution in [0.5, 0.6) is 5.75 Å². The molecule has 30 heavy (non-hydrogen) atoms. The van der Waals surface area contributed by atoms with Gasteiger partial charge in [-0.3, -0.25) is 4.79 Å². The SMILES string of the molecule is Cc1ccc(OCC(=O)Nc2cccc(-c3csc(-c4ccccc4Cl)n3)c2)cc1. The van der Waals surface area contributed by atoms with Crippen LogP contribution in [-0.4, -0.2) is 17.5 Å². The summed E-state index contributed by atoms with van der Waals surface area (Å²) in [7, 11) is 0. The van der Waals surface area contributed by atoms with Crippen LogP contribution in [0.3, 0.4) is 0 Å². The standard InChI is InChI=1S/C24H19ClN2O2S/c1-16-9-11-19(12-10-16)29-14-23(28)26-18-6-4-5-17(13-18)22-15-30-24(27-22)20-7-2-3-8-21(20)25/h2-13,15H,14H2,1H3,(H,26,28). The number of nitrogens with zero attached hydrogens (tertiary/aromatic N) is 1. The predicted molar refractivity (Wildman–Crippen MR) is 123 cm³/mol. The molecule has 0 saturated carbocycles. The molecular weight excluding hydrogens is 416 g/mol. The fraction of sp³-hybridized carbons (Fsp3) is 0.0833. The molecule has 0 aliphatic rings. The zero-order valence-corrected chi connectivity index (χ0v) is 17.8. The third-order valence-corrected chi connectivity index (χ3v) is 5.65. The van der Waals surface area contributed by atoms with Gasteiger partial charge in [0.25, 0.3) is 5.91 Å². The van der Waals surface area contributed by atoms with Crippen molar-refractivity contribution in [1.29, 1.82) is 0 Å². The first-order valence-corrected chi connectivity index (χ1v) is 10.6. The Balaban J connectivity index is 1.43. The maximum Gasteiger partial charge on any atom is 0.262 e. The molecule has 0 bridgehead atoms. The van der Waals surface area contributed by atoms with Crippen LogP contribution in [0.4, 0.5) is 5.69 Å². The van der Waals surface area contributed by atoms with Crippen LogP contribution in [0.1, 0.15) is 5.56 Å². The molecule has 150 valence electrons. The van der Waals surface area contributed by atoms with Gasteiger partial charge in [0.15, 0.2) is 6.61 Å². The summed E-state index contributed by atoms with van der Waals surface area (Å²) in [5, 5.41) is 6.39. The van der Waals surface area contributed by atoms with Gasteiger partial charge in [-0.2, -0.15) is 0 Å². The molecule has 0 spiro atoms. The number of rotatable bonds is 6. The zero-order chi connectivity index (χ0) is 20.9. The first kappa shape index (κ1) is 20.1. The third kappa shape index (κ3) is 4.87. The number of aryl methyl sites for hydroxylation is 1. The Labute approximate surface area is 184 Å². The van der Waals surface area contributed by atoms with E-state index in [2.05, 4.69) is 5.32 Å². The van der Waals surface area contributed by atoms with Crippen molar-refractivity contribution >= 4 is 34.5 Å². The number of benzene rings is 3. The smallest absolute Gasteiger partial charge is 0.262 e. The lowest BCUT2D eigenvalue weighted by Gasteiger charge is -2.08. The van der Waals surface area contributed by atoms with Crippen molar-refractivity contribution in [2.45, 2.75) is 6.92 Å². The average molecular weight is 435 g/mol. The summed E-state index contributed by atoms with van der Waals surface area (Å²) in [5.41, 5.74) is 4.50. The van der Waals surface area contributed by atoms with Gasteiger partial charge < -0.3 is 10.1 Å². The normalized spacial score (nSPS) is 10.6. The van der Waals surface area contributed by atoms with Gasteiger partial charge in [0.1, 0.15) is 10.8 Å². The Morgan fingerprint density at radius 1 is 1.07 bits per heavy atom. The van der Waals surface area contributed by atoms with Crippen LogP contribution in [0.15, 0.2) is 78.2 Å². The van der Waals surface area contributed by atoms with E-state index in [9.17, 15) is 4.79 Å². The number of ether oxygens (including phenoxy) is 1. The van der Waals surface area contributed by atoms with Crippen LogP contribution in [0.25, 0.3) is 21.8 Å². The molecule has 4 rings (SSSR count). The third-order valence-electron chi connectivity index (χ3n) is 4.44. The molecule has 6 heteroatoms. The number of hydrogen-bond acceptors (Lipinski definition) is 4. The lowest BCUT2D eigenvalue weighted by atomic mass is 10.1. The minimum absolute atomic E-state index is 0.0549. The molecule has 0 radical (unpaired) electrons. The second kappa shape index (κ2) is 9.11. The number of thiazole rings is 1. The van der Waals surface area contributed by atoms with Gasteiger partial charge in [0.2, 0.25) is 0 Å². The zero-order valence-electron chi connectivity index (χ0n) is 16.3. The quantitative estimate of drug-likeness (QED) is 0.379. The van der Waals surface area contributed by atoms with Crippen molar-refractivity contribution < 1.29 is 9.53 Å². The summed E-state index contributed by atoms with van der Waals surface area (Å²) in [6, 6.07) is 22.8. The second-order valence-corrected chi connectivity index (χ2v) is 8.01. The average Bonchev–Trinajstić information content (AvgIpc) is 3.24. The maximum absolute atomic E-state index is 12.3. The molecule has 0 atom stereocenters. The molecule has 0 aliphatic carbocycles. The summed E-state index contributed by atoms with van der Waals surface area (Å²) in [6.45, 7) is 1.95. The first-order chi connectivity index (χ1) is 14.6. The molecular formula is C24H19ClN2O2S. The molecule has 0 unspecified atom stereocenters. The van der Waals surface area contributed by atoms with Crippen molar-refractivity contribution in [3.63, 3.8) is 0 Å². The summed E-state index contributed by atoms with van der Waals surface area (Å²) in [5.74, 6) is 0.446. The van der Waals surface area contributed by atoms with Crippen LogP contribution >= 0.6 is 22.9 Å². The molecule has 4 aromatic rings. The highest BCUT2D eigenvalue weighted by atomic mass is 35.5. The van der Waals surface area contributed by atoms with Crippen molar-refractivity contribution in [2.75, 3.05) is 11.9 Å². The van der Waals surface area contributed by atoms with Crippen molar-refractivity contribution in [1.82, 2.24) is 4.98 Å². The summed E-state index contributed by atoms with van der Waals surface area (Å²) in [6.07, 6.45) is 0. The maximum atomic E-state index is 12.3. The molecule has 4 nitrogen and oxygen atoms in total. The van der Waals surface area contributed by atoms with E-state index in [1.54, 1.807) is 0 Å². The van der Waals surface area contributed by atoms with Gasteiger partial charge in [-0.05, 0) is 37.3 Å². The Morgan fingerprint density at radius 3 is 2.67 bits per heavy atom. The first-order valence-electron chi connectivity index (χ1n) is 9.39. The van der Waals surface area contributed by atoms with E-state index in [4.69, 9.17) is 21.3 Å². The topological polar surface area (TPSA) is 51.2 Å². The van der Waals surface area contributed by atoms with Gasteiger partial charge in [0.05, 0.1) is 10.7 Å². The van der Waals surface area contributed by atoms with Gasteiger partial charge in [-0.15, -0.1) is 11.3 Å².